The van der Waals surface area contributed by atoms with Crippen molar-refractivity contribution in [1.82, 2.24) is 5.32 Å². The van der Waals surface area contributed by atoms with Crippen molar-refractivity contribution in [1.29, 1.82) is 0 Å². The minimum atomic E-state index is -0.309. The molecule has 4 fully saturated rings. The lowest BCUT2D eigenvalue weighted by Crippen LogP contribution is -2.53. The van der Waals surface area contributed by atoms with E-state index >= 15 is 0 Å². The first-order valence-corrected chi connectivity index (χ1v) is 15.8. The zero-order valence-electron chi connectivity index (χ0n) is 25.3. The van der Waals surface area contributed by atoms with Crippen LogP contribution in [0.3, 0.4) is 0 Å². The molecule has 222 valence electrons. The van der Waals surface area contributed by atoms with E-state index in [1.54, 1.807) is 6.07 Å². The Morgan fingerprint density at radius 3 is 2.71 bits per heavy atom. The predicted molar refractivity (Wildman–Crippen MR) is 164 cm³/mol. The number of rotatable bonds is 8. The average Bonchev–Trinajstić information content (AvgIpc) is 3.28. The van der Waals surface area contributed by atoms with E-state index < -0.39 is 0 Å². The maximum Gasteiger partial charge on any atom is 0.336 e. The number of carbonyl (C=O) groups is 1. The lowest BCUT2D eigenvalue weighted by Gasteiger charge is -2.59. The van der Waals surface area contributed by atoms with Gasteiger partial charge < -0.3 is 19.5 Å². The van der Waals surface area contributed by atoms with Gasteiger partial charge in [0.25, 0.3) is 0 Å². The summed E-state index contributed by atoms with van der Waals surface area (Å²) in [5, 5.41) is 9.17. The van der Waals surface area contributed by atoms with E-state index in [2.05, 4.69) is 25.2 Å². The van der Waals surface area contributed by atoms with Gasteiger partial charge in [0.2, 0.25) is 0 Å². The number of nitrogens with one attached hydrogen (secondary N) is 1. The molecule has 0 spiro atoms. The summed E-state index contributed by atoms with van der Waals surface area (Å²) in [7, 11) is 3.95. The number of anilines is 1. The summed E-state index contributed by atoms with van der Waals surface area (Å²) in [4.78, 5) is 32.2. The van der Waals surface area contributed by atoms with Crippen LogP contribution in [0.25, 0.3) is 11.0 Å². The SMILES string of the molecule is CN(C)c1ccc2c(CCNCCO/N=C3/CC[C@H]4[C@@H]5CC[C@H]6CC(=O)CC[C@]6(C)[C@H]5CC[C@]34C)cc(=O)oc2c1. The van der Waals surface area contributed by atoms with Crippen molar-refractivity contribution in [2.24, 2.45) is 39.7 Å². The van der Waals surface area contributed by atoms with Crippen LogP contribution in [0.4, 0.5) is 5.69 Å². The largest absolute Gasteiger partial charge is 0.423 e. The molecule has 1 heterocycles. The number of hydrogen-bond donors (Lipinski definition) is 1. The Bertz CT molecular complexity index is 1380. The summed E-state index contributed by atoms with van der Waals surface area (Å²) in [6.45, 7) is 6.96. The van der Waals surface area contributed by atoms with Gasteiger partial charge in [-0.05, 0) is 105 Å². The maximum absolute atomic E-state index is 12.2. The van der Waals surface area contributed by atoms with Gasteiger partial charge in [0.1, 0.15) is 18.0 Å². The second-order valence-electron chi connectivity index (χ2n) is 13.9. The summed E-state index contributed by atoms with van der Waals surface area (Å²) in [5.41, 5.74) is 4.11. The molecule has 41 heavy (non-hydrogen) atoms. The molecule has 1 aromatic carbocycles. The van der Waals surface area contributed by atoms with Crippen LogP contribution in [0.1, 0.15) is 77.2 Å². The van der Waals surface area contributed by atoms with E-state index in [0.29, 0.717) is 41.8 Å². The third-order valence-corrected chi connectivity index (χ3v) is 11.7. The van der Waals surface area contributed by atoms with Gasteiger partial charge in [-0.3, -0.25) is 4.79 Å². The number of oxime groups is 1. The number of carbonyl (C=O) groups excluding carboxylic acids is 1. The van der Waals surface area contributed by atoms with Crippen molar-refractivity contribution in [3.05, 3.63) is 40.2 Å². The maximum atomic E-state index is 12.2. The van der Waals surface area contributed by atoms with Gasteiger partial charge in [-0.1, -0.05) is 19.0 Å². The molecule has 0 bridgehead atoms. The van der Waals surface area contributed by atoms with Crippen LogP contribution in [0.15, 0.2) is 38.6 Å². The van der Waals surface area contributed by atoms with Gasteiger partial charge in [0.15, 0.2) is 0 Å². The quantitative estimate of drug-likeness (QED) is 0.243. The van der Waals surface area contributed by atoms with Gasteiger partial charge in [-0.15, -0.1) is 0 Å². The highest BCUT2D eigenvalue weighted by Crippen LogP contribution is 2.65. The van der Waals surface area contributed by atoms with Crippen molar-refractivity contribution in [2.45, 2.75) is 78.1 Å². The van der Waals surface area contributed by atoms with Gasteiger partial charge in [-0.2, -0.15) is 0 Å². The molecule has 4 aliphatic carbocycles. The molecule has 6 rings (SSSR count). The number of ketones is 1. The highest BCUT2D eigenvalue weighted by molar-refractivity contribution is 5.92. The van der Waals surface area contributed by atoms with E-state index in [1.165, 1.54) is 37.8 Å². The highest BCUT2D eigenvalue weighted by atomic mass is 16.6. The standard InChI is InChI=1S/C34H47N3O4/c1-33-14-11-25(38)20-23(33)5-7-27-28-9-10-31(34(28,2)15-12-29(27)33)36-40-18-17-35-16-13-22-19-32(39)41-30-21-24(37(3)4)6-8-26(22)30/h6,8,19,21,23,27-29,35H,5,7,9-18,20H2,1-4H3/b36-31-/t23-,27-,28-,29-,33-,34-/m0/s1. The van der Waals surface area contributed by atoms with Crippen molar-refractivity contribution >= 4 is 28.2 Å². The van der Waals surface area contributed by atoms with Gasteiger partial charge in [0, 0.05) is 62.1 Å². The summed E-state index contributed by atoms with van der Waals surface area (Å²) in [5.74, 6) is 3.33. The number of nitrogens with zero attached hydrogens (tertiary/aromatic N) is 2. The number of hydrogen-bond acceptors (Lipinski definition) is 7. The first kappa shape index (κ1) is 28.4. The molecule has 4 saturated carbocycles. The molecule has 0 saturated heterocycles. The van der Waals surface area contributed by atoms with Crippen LogP contribution in [-0.2, 0) is 16.1 Å². The van der Waals surface area contributed by atoms with Crippen LogP contribution < -0.4 is 15.8 Å². The lowest BCUT2D eigenvalue weighted by molar-refractivity contribution is -0.136. The first-order valence-electron chi connectivity index (χ1n) is 15.8. The molecule has 7 nitrogen and oxygen atoms in total. The Kier molecular flexibility index (Phi) is 7.77. The molecular formula is C34H47N3O4. The molecule has 2 aromatic rings. The monoisotopic (exact) mass is 561 g/mol. The third-order valence-electron chi connectivity index (χ3n) is 11.7. The second-order valence-corrected chi connectivity index (χ2v) is 13.9. The first-order chi connectivity index (χ1) is 19.7. The minimum Gasteiger partial charge on any atom is -0.423 e. The molecule has 1 aromatic heterocycles. The second kappa shape index (κ2) is 11.2. The molecule has 0 aliphatic heterocycles. The van der Waals surface area contributed by atoms with Crippen LogP contribution in [0.2, 0.25) is 0 Å². The van der Waals surface area contributed by atoms with Crippen molar-refractivity contribution < 1.29 is 14.0 Å². The Hall–Kier alpha value is -2.67. The topological polar surface area (TPSA) is 84.1 Å². The van der Waals surface area contributed by atoms with Gasteiger partial charge in [-0.25, -0.2) is 4.79 Å². The summed E-state index contributed by atoms with van der Waals surface area (Å²) in [6, 6.07) is 7.61. The van der Waals surface area contributed by atoms with E-state index in [9.17, 15) is 9.59 Å². The molecule has 0 unspecified atom stereocenters. The molecule has 0 radical (unpaired) electrons. The van der Waals surface area contributed by atoms with Crippen molar-refractivity contribution in [3.8, 4) is 0 Å². The molecule has 1 N–H and O–H groups in total. The summed E-state index contributed by atoms with van der Waals surface area (Å²) in [6.07, 6.45) is 10.7. The van der Waals surface area contributed by atoms with E-state index in [-0.39, 0.29) is 11.0 Å². The highest BCUT2D eigenvalue weighted by Gasteiger charge is 2.59. The van der Waals surface area contributed by atoms with E-state index in [1.807, 2.05) is 31.1 Å². The zero-order chi connectivity index (χ0) is 28.8. The van der Waals surface area contributed by atoms with Crippen LogP contribution in [0.5, 0.6) is 0 Å². The molecule has 6 atom stereocenters. The average molecular weight is 562 g/mol. The summed E-state index contributed by atoms with van der Waals surface area (Å²) >= 11 is 0. The normalized spacial score (nSPS) is 33.9. The van der Waals surface area contributed by atoms with Gasteiger partial charge >= 0.3 is 5.63 Å². The van der Waals surface area contributed by atoms with E-state index in [4.69, 9.17) is 14.4 Å². The fourth-order valence-electron chi connectivity index (χ4n) is 9.28. The Morgan fingerprint density at radius 2 is 1.88 bits per heavy atom. The minimum absolute atomic E-state index is 0.157. The molecule has 7 heteroatoms. The van der Waals surface area contributed by atoms with Crippen molar-refractivity contribution in [2.75, 3.05) is 38.7 Å². The molecular weight excluding hydrogens is 514 g/mol. The number of fused-ring (bicyclic) bond motifs is 6. The van der Waals surface area contributed by atoms with Gasteiger partial charge in [0.05, 0.1) is 5.71 Å². The van der Waals surface area contributed by atoms with E-state index in [0.717, 1.165) is 67.1 Å². The lowest BCUT2D eigenvalue weighted by atomic mass is 9.45. The Balaban J connectivity index is 1.00. The zero-order valence-corrected chi connectivity index (χ0v) is 25.3. The van der Waals surface area contributed by atoms with Crippen molar-refractivity contribution in [3.63, 3.8) is 0 Å². The van der Waals surface area contributed by atoms with Crippen LogP contribution >= 0.6 is 0 Å². The molecule has 0 amide bonds. The predicted octanol–water partition coefficient (Wildman–Crippen LogP) is 5.98. The number of benzene rings is 1. The molecule has 4 aliphatic rings. The fraction of sp³-hybridized carbons (Fsp3) is 0.676. The third kappa shape index (κ3) is 5.24. The smallest absolute Gasteiger partial charge is 0.336 e. The fourth-order valence-corrected chi connectivity index (χ4v) is 9.28. The summed E-state index contributed by atoms with van der Waals surface area (Å²) < 4.78 is 5.46. The Labute approximate surface area is 244 Å². The Morgan fingerprint density at radius 1 is 1.02 bits per heavy atom. The number of Topliss-reactive ketones (excluding diaryl/α,β-unsaturated/α-hetero) is 1. The van der Waals surface area contributed by atoms with Crippen LogP contribution in [0, 0.1) is 34.5 Å². The van der Waals surface area contributed by atoms with Crippen LogP contribution in [-0.4, -0.2) is 45.3 Å².